The molecule has 0 spiro atoms. The topological polar surface area (TPSA) is 67.1 Å². The number of anilines is 1. The summed E-state index contributed by atoms with van der Waals surface area (Å²) in [7, 11) is 0. The van der Waals surface area contributed by atoms with Gasteiger partial charge < -0.3 is 20.4 Å². The first-order chi connectivity index (χ1) is 11.8. The highest BCUT2D eigenvalue weighted by atomic mass is 35.5. The molecular weight excluding hydrogens is 340 g/mol. The third-order valence-corrected chi connectivity index (χ3v) is 4.83. The molecule has 138 valence electrons. The first-order valence-electron chi connectivity index (χ1n) is 8.89. The quantitative estimate of drug-likeness (QED) is 0.519. The van der Waals surface area contributed by atoms with Crippen LogP contribution in [0.15, 0.2) is 24.3 Å². The Morgan fingerprint density at radius 1 is 1.08 bits per heavy atom. The van der Waals surface area contributed by atoms with Gasteiger partial charge in [0, 0.05) is 16.8 Å². The van der Waals surface area contributed by atoms with E-state index in [2.05, 4.69) is 10.6 Å². The summed E-state index contributed by atoms with van der Waals surface area (Å²) < 4.78 is 0. The molecule has 1 atom stereocenters. The van der Waals surface area contributed by atoms with Crippen molar-refractivity contribution in [3.63, 3.8) is 0 Å². The Hall–Kier alpha value is -1.63. The van der Waals surface area contributed by atoms with Gasteiger partial charge in [-0.2, -0.15) is 0 Å². The lowest BCUT2D eigenvalue weighted by atomic mass is 10.2. The average Bonchev–Trinajstić information content (AvgIpc) is 2.56. The number of halogens is 1. The molecule has 1 aliphatic rings. The lowest BCUT2D eigenvalue weighted by molar-refractivity contribution is -1.01. The molecule has 7 heteroatoms. The van der Waals surface area contributed by atoms with Gasteiger partial charge in [0.2, 0.25) is 0 Å². The number of piperazine rings is 1. The molecule has 1 heterocycles. The number of hydrogen-bond donors (Lipinski definition) is 4. The van der Waals surface area contributed by atoms with Crippen molar-refractivity contribution in [1.82, 2.24) is 5.32 Å². The minimum atomic E-state index is -0.123. The molecule has 0 aromatic heterocycles. The van der Waals surface area contributed by atoms with Gasteiger partial charge in [0.25, 0.3) is 11.8 Å². The van der Waals surface area contributed by atoms with Gasteiger partial charge in [-0.3, -0.25) is 9.59 Å². The molecule has 6 nitrogen and oxygen atoms in total. The first kappa shape index (κ1) is 19.7. The number of hydrogen-bond acceptors (Lipinski definition) is 2. The number of nitrogens with one attached hydrogen (secondary N) is 4. The molecule has 4 N–H and O–H groups in total. The monoisotopic (exact) mass is 368 g/mol. The van der Waals surface area contributed by atoms with Crippen LogP contribution in [-0.2, 0) is 9.59 Å². The predicted octanol–water partition coefficient (Wildman–Crippen LogP) is -1.02. The Morgan fingerprint density at radius 2 is 1.68 bits per heavy atom. The van der Waals surface area contributed by atoms with Crippen molar-refractivity contribution in [2.24, 2.45) is 0 Å². The van der Waals surface area contributed by atoms with E-state index in [0.29, 0.717) is 11.6 Å². The van der Waals surface area contributed by atoms with Crippen LogP contribution >= 0.6 is 11.6 Å². The maximum absolute atomic E-state index is 12.4. The van der Waals surface area contributed by atoms with E-state index in [1.54, 1.807) is 24.3 Å². The van der Waals surface area contributed by atoms with Crippen LogP contribution in [0, 0.1) is 0 Å². The molecule has 1 aliphatic heterocycles. The van der Waals surface area contributed by atoms with Gasteiger partial charge in [0.1, 0.15) is 26.2 Å². The molecule has 0 radical (unpaired) electrons. The van der Waals surface area contributed by atoms with Crippen molar-refractivity contribution in [1.29, 1.82) is 0 Å². The minimum Gasteiger partial charge on any atom is -0.349 e. The fourth-order valence-electron chi connectivity index (χ4n) is 3.10. The van der Waals surface area contributed by atoms with Crippen LogP contribution in [-0.4, -0.2) is 56.6 Å². The number of rotatable bonds is 6. The maximum Gasteiger partial charge on any atom is 0.282 e. The molecule has 2 rings (SSSR count). The summed E-state index contributed by atoms with van der Waals surface area (Å²) in [5.74, 6) is 0.111. The summed E-state index contributed by atoms with van der Waals surface area (Å²) in [4.78, 5) is 26.8. The van der Waals surface area contributed by atoms with E-state index in [1.807, 2.05) is 20.8 Å². The second-order valence-electron chi connectivity index (χ2n) is 7.03. The normalized spacial score (nSPS) is 21.6. The summed E-state index contributed by atoms with van der Waals surface area (Å²) >= 11 is 5.86. The molecular formula is C18H29ClN4O2+2. The van der Waals surface area contributed by atoms with E-state index in [1.165, 1.54) is 9.80 Å². The zero-order chi connectivity index (χ0) is 18.4. The molecule has 1 fully saturated rings. The van der Waals surface area contributed by atoms with Crippen LogP contribution in [0.5, 0.6) is 0 Å². The second-order valence-corrected chi connectivity index (χ2v) is 7.46. The average molecular weight is 369 g/mol. The summed E-state index contributed by atoms with van der Waals surface area (Å²) in [6, 6.07) is 7.19. The van der Waals surface area contributed by atoms with Crippen LogP contribution in [0.3, 0.4) is 0 Å². The Labute approximate surface area is 154 Å². The van der Waals surface area contributed by atoms with Crippen molar-refractivity contribution < 1.29 is 19.4 Å². The fraction of sp³-hybridized carbons (Fsp3) is 0.556. The molecule has 1 aromatic carbocycles. The van der Waals surface area contributed by atoms with Gasteiger partial charge >= 0.3 is 0 Å². The van der Waals surface area contributed by atoms with Crippen LogP contribution < -0.4 is 20.4 Å². The summed E-state index contributed by atoms with van der Waals surface area (Å²) in [5.41, 5.74) is 0.760. The predicted molar refractivity (Wildman–Crippen MR) is 99.1 cm³/mol. The second kappa shape index (κ2) is 9.17. The first-order valence-corrected chi connectivity index (χ1v) is 9.27. The van der Waals surface area contributed by atoms with E-state index < -0.39 is 0 Å². The van der Waals surface area contributed by atoms with Gasteiger partial charge in [0.05, 0.1) is 0 Å². The number of carbonyl (C=O) groups excluding carboxylic acids is 2. The Bertz CT molecular complexity index is 583. The molecule has 0 aliphatic carbocycles. The molecule has 1 saturated heterocycles. The van der Waals surface area contributed by atoms with Crippen LogP contribution in [0.25, 0.3) is 0 Å². The van der Waals surface area contributed by atoms with E-state index in [0.717, 1.165) is 31.9 Å². The smallest absolute Gasteiger partial charge is 0.282 e. The lowest BCUT2D eigenvalue weighted by Crippen LogP contribution is -3.30. The number of amides is 2. The number of quaternary nitrogens is 2. The van der Waals surface area contributed by atoms with Gasteiger partial charge in [-0.15, -0.1) is 0 Å². The van der Waals surface area contributed by atoms with Crippen molar-refractivity contribution in [3.05, 3.63) is 29.3 Å². The Balaban J connectivity index is 1.78. The zero-order valence-corrected chi connectivity index (χ0v) is 16.0. The molecule has 2 amide bonds. The van der Waals surface area contributed by atoms with E-state index in [4.69, 9.17) is 11.6 Å². The zero-order valence-electron chi connectivity index (χ0n) is 15.2. The molecule has 25 heavy (non-hydrogen) atoms. The van der Waals surface area contributed by atoms with Crippen LogP contribution in [0.1, 0.15) is 20.8 Å². The number of benzene rings is 1. The van der Waals surface area contributed by atoms with Gasteiger partial charge in [0.15, 0.2) is 12.6 Å². The highest BCUT2D eigenvalue weighted by molar-refractivity contribution is 6.30. The van der Waals surface area contributed by atoms with E-state index in [-0.39, 0.29) is 23.9 Å². The summed E-state index contributed by atoms with van der Waals surface area (Å²) in [5, 5.41) is 6.53. The standard InChI is InChI=1S/C18H27ClN4O2/c1-13(2)20-17(24)12-22-8-10-23(11-9-22)14(3)18(25)21-16-6-4-15(19)5-7-16/h4-7,13-14H,8-12H2,1-3H3,(H,20,24)(H,21,25)/p+2/t14-/m1/s1. The van der Waals surface area contributed by atoms with Gasteiger partial charge in [-0.1, -0.05) is 11.6 Å². The van der Waals surface area contributed by atoms with Crippen molar-refractivity contribution in [2.75, 3.05) is 38.0 Å². The summed E-state index contributed by atoms with van der Waals surface area (Å²) in [6.45, 7) is 9.98. The molecule has 0 bridgehead atoms. The maximum atomic E-state index is 12.4. The van der Waals surface area contributed by atoms with Crippen molar-refractivity contribution in [2.45, 2.75) is 32.9 Å². The SMILES string of the molecule is CC(C)NC(=O)C[NH+]1CC[NH+]([C@H](C)C(=O)Nc2ccc(Cl)cc2)CC1. The van der Waals surface area contributed by atoms with Crippen LogP contribution in [0.4, 0.5) is 5.69 Å². The van der Waals surface area contributed by atoms with Gasteiger partial charge in [-0.25, -0.2) is 0 Å². The molecule has 0 saturated carbocycles. The minimum absolute atomic E-state index is 0.0123. The third kappa shape index (κ3) is 6.30. The van der Waals surface area contributed by atoms with Crippen LogP contribution in [0.2, 0.25) is 5.02 Å². The Kier molecular flexibility index (Phi) is 7.23. The highest BCUT2D eigenvalue weighted by Crippen LogP contribution is 2.13. The van der Waals surface area contributed by atoms with E-state index in [9.17, 15) is 9.59 Å². The largest absolute Gasteiger partial charge is 0.349 e. The highest BCUT2D eigenvalue weighted by Gasteiger charge is 2.31. The van der Waals surface area contributed by atoms with E-state index >= 15 is 0 Å². The van der Waals surface area contributed by atoms with Crippen molar-refractivity contribution >= 4 is 29.1 Å². The third-order valence-electron chi connectivity index (χ3n) is 4.58. The summed E-state index contributed by atoms with van der Waals surface area (Å²) in [6.07, 6.45) is 0. The molecule has 1 aromatic rings. The number of carbonyl (C=O) groups is 2. The Morgan fingerprint density at radius 3 is 2.24 bits per heavy atom. The molecule has 0 unspecified atom stereocenters. The lowest BCUT2D eigenvalue weighted by Gasteiger charge is -2.32. The fourth-order valence-corrected chi connectivity index (χ4v) is 3.23. The van der Waals surface area contributed by atoms with Crippen molar-refractivity contribution in [3.8, 4) is 0 Å². The van der Waals surface area contributed by atoms with Gasteiger partial charge in [-0.05, 0) is 45.0 Å².